The predicted octanol–water partition coefficient (Wildman–Crippen LogP) is 4.24. The van der Waals surface area contributed by atoms with Crippen molar-refractivity contribution >= 4 is 40.9 Å². The molecule has 1 amide bonds. The molecule has 0 aliphatic carbocycles. The van der Waals surface area contributed by atoms with Crippen LogP contribution in [0.1, 0.15) is 5.56 Å². The SMILES string of the molecule is N#C/C(=C/c1ccc(O)c(Cl)c1)C(=O)Nc1ccccc1Cl. The molecule has 22 heavy (non-hydrogen) atoms. The first-order valence-corrected chi connectivity index (χ1v) is 6.93. The number of benzene rings is 2. The van der Waals surface area contributed by atoms with E-state index in [0.29, 0.717) is 16.3 Å². The fraction of sp³-hybridized carbons (Fsp3) is 0. The number of hydrogen-bond acceptors (Lipinski definition) is 3. The monoisotopic (exact) mass is 332 g/mol. The lowest BCUT2D eigenvalue weighted by Gasteiger charge is -2.06. The number of anilines is 1. The van der Waals surface area contributed by atoms with Crippen LogP contribution >= 0.6 is 23.2 Å². The summed E-state index contributed by atoms with van der Waals surface area (Å²) in [6, 6.07) is 12.9. The molecule has 2 rings (SSSR count). The van der Waals surface area contributed by atoms with E-state index < -0.39 is 5.91 Å². The van der Waals surface area contributed by atoms with E-state index in [1.807, 2.05) is 6.07 Å². The third kappa shape index (κ3) is 3.79. The molecule has 0 aromatic heterocycles. The molecule has 0 spiro atoms. The number of nitriles is 1. The zero-order chi connectivity index (χ0) is 16.1. The first-order valence-electron chi connectivity index (χ1n) is 6.17. The van der Waals surface area contributed by atoms with Crippen molar-refractivity contribution in [3.8, 4) is 11.8 Å². The molecule has 0 bridgehead atoms. The van der Waals surface area contributed by atoms with E-state index in [0.717, 1.165) is 0 Å². The van der Waals surface area contributed by atoms with Gasteiger partial charge in [0, 0.05) is 0 Å². The number of rotatable bonds is 3. The molecule has 0 fully saturated rings. The summed E-state index contributed by atoms with van der Waals surface area (Å²) < 4.78 is 0. The van der Waals surface area contributed by atoms with Crippen LogP contribution in [0.15, 0.2) is 48.0 Å². The minimum atomic E-state index is -0.584. The van der Waals surface area contributed by atoms with Crippen molar-refractivity contribution in [2.24, 2.45) is 0 Å². The number of carbonyl (C=O) groups is 1. The van der Waals surface area contributed by atoms with E-state index in [-0.39, 0.29) is 16.3 Å². The molecular weight excluding hydrogens is 323 g/mol. The van der Waals surface area contributed by atoms with Crippen LogP contribution in [0, 0.1) is 11.3 Å². The van der Waals surface area contributed by atoms with Crippen molar-refractivity contribution in [3.05, 3.63) is 63.6 Å². The van der Waals surface area contributed by atoms with Crippen molar-refractivity contribution in [2.75, 3.05) is 5.32 Å². The second kappa shape index (κ2) is 6.99. The van der Waals surface area contributed by atoms with Gasteiger partial charge in [-0.1, -0.05) is 41.4 Å². The smallest absolute Gasteiger partial charge is 0.266 e. The van der Waals surface area contributed by atoms with Crippen LogP contribution in [-0.2, 0) is 4.79 Å². The van der Waals surface area contributed by atoms with E-state index in [1.165, 1.54) is 18.2 Å². The maximum atomic E-state index is 12.1. The summed E-state index contributed by atoms with van der Waals surface area (Å²) in [6.07, 6.45) is 1.37. The second-order valence-electron chi connectivity index (χ2n) is 4.31. The van der Waals surface area contributed by atoms with Crippen molar-refractivity contribution in [2.45, 2.75) is 0 Å². The molecule has 2 aromatic rings. The maximum Gasteiger partial charge on any atom is 0.266 e. The first-order chi connectivity index (χ1) is 10.5. The summed E-state index contributed by atoms with van der Waals surface area (Å²) >= 11 is 11.7. The van der Waals surface area contributed by atoms with Gasteiger partial charge in [0.25, 0.3) is 5.91 Å². The number of nitrogens with one attached hydrogen (secondary N) is 1. The molecule has 0 atom stereocenters. The Morgan fingerprint density at radius 2 is 1.91 bits per heavy atom. The number of carbonyl (C=O) groups excluding carboxylic acids is 1. The van der Waals surface area contributed by atoms with Crippen molar-refractivity contribution < 1.29 is 9.90 Å². The van der Waals surface area contributed by atoms with Gasteiger partial charge in [0.2, 0.25) is 0 Å². The van der Waals surface area contributed by atoms with E-state index in [1.54, 1.807) is 30.3 Å². The van der Waals surface area contributed by atoms with Crippen molar-refractivity contribution in [3.63, 3.8) is 0 Å². The van der Waals surface area contributed by atoms with Crippen LogP contribution < -0.4 is 5.32 Å². The van der Waals surface area contributed by atoms with E-state index in [9.17, 15) is 9.90 Å². The first kappa shape index (κ1) is 15.9. The molecule has 110 valence electrons. The molecule has 2 aromatic carbocycles. The van der Waals surface area contributed by atoms with Gasteiger partial charge in [-0.2, -0.15) is 5.26 Å². The Morgan fingerprint density at radius 3 is 2.55 bits per heavy atom. The highest BCUT2D eigenvalue weighted by Gasteiger charge is 2.11. The Morgan fingerprint density at radius 1 is 1.18 bits per heavy atom. The van der Waals surface area contributed by atoms with Crippen LogP contribution in [0.5, 0.6) is 5.75 Å². The van der Waals surface area contributed by atoms with Crippen LogP contribution in [0.2, 0.25) is 10.0 Å². The number of phenols is 1. The van der Waals surface area contributed by atoms with Crippen molar-refractivity contribution in [1.82, 2.24) is 0 Å². The average molecular weight is 333 g/mol. The normalized spacial score (nSPS) is 10.9. The number of nitrogens with zero attached hydrogens (tertiary/aromatic N) is 1. The van der Waals surface area contributed by atoms with Crippen LogP contribution in [0.25, 0.3) is 6.08 Å². The van der Waals surface area contributed by atoms with E-state index in [4.69, 9.17) is 28.5 Å². The number of aromatic hydroxyl groups is 1. The zero-order valence-corrected chi connectivity index (χ0v) is 12.7. The summed E-state index contributed by atoms with van der Waals surface area (Å²) in [7, 11) is 0. The second-order valence-corrected chi connectivity index (χ2v) is 5.13. The minimum Gasteiger partial charge on any atom is -0.506 e. The highest BCUT2D eigenvalue weighted by molar-refractivity contribution is 6.34. The summed E-state index contributed by atoms with van der Waals surface area (Å²) in [4.78, 5) is 12.1. The number of amides is 1. The third-order valence-corrected chi connectivity index (χ3v) is 3.40. The van der Waals surface area contributed by atoms with Crippen LogP contribution in [0.4, 0.5) is 5.69 Å². The molecule has 4 nitrogen and oxygen atoms in total. The van der Waals surface area contributed by atoms with Gasteiger partial charge in [-0.25, -0.2) is 0 Å². The van der Waals surface area contributed by atoms with E-state index in [2.05, 4.69) is 5.32 Å². The summed E-state index contributed by atoms with van der Waals surface area (Å²) in [6.45, 7) is 0. The van der Waals surface area contributed by atoms with Gasteiger partial charge in [-0.05, 0) is 35.9 Å². The molecule has 0 saturated heterocycles. The molecule has 2 N–H and O–H groups in total. The Kier molecular flexibility index (Phi) is 5.05. The fourth-order valence-electron chi connectivity index (χ4n) is 1.68. The molecular formula is C16H10Cl2N2O2. The molecule has 0 heterocycles. The third-order valence-electron chi connectivity index (χ3n) is 2.77. The lowest BCUT2D eigenvalue weighted by molar-refractivity contribution is -0.112. The number of phenolic OH excluding ortho intramolecular Hbond substituents is 1. The molecule has 0 aliphatic heterocycles. The molecule has 0 aliphatic rings. The van der Waals surface area contributed by atoms with Crippen molar-refractivity contribution in [1.29, 1.82) is 5.26 Å². The largest absolute Gasteiger partial charge is 0.506 e. The summed E-state index contributed by atoms with van der Waals surface area (Å²) in [5, 5.41) is 21.6. The zero-order valence-electron chi connectivity index (χ0n) is 11.2. The van der Waals surface area contributed by atoms with Gasteiger partial charge in [-0.15, -0.1) is 0 Å². The molecule has 0 unspecified atom stereocenters. The standard InChI is InChI=1S/C16H10Cl2N2O2/c17-12-3-1-2-4-14(12)20-16(22)11(9-19)7-10-5-6-15(21)13(18)8-10/h1-8,21H,(H,20,22)/b11-7-. The average Bonchev–Trinajstić information content (AvgIpc) is 2.50. The Balaban J connectivity index is 2.26. The quantitative estimate of drug-likeness (QED) is 0.652. The van der Waals surface area contributed by atoms with Gasteiger partial charge in [0.15, 0.2) is 0 Å². The minimum absolute atomic E-state index is 0.0714. The molecule has 0 saturated carbocycles. The fourth-order valence-corrected chi connectivity index (χ4v) is 2.05. The van der Waals surface area contributed by atoms with Gasteiger partial charge < -0.3 is 10.4 Å². The Hall–Kier alpha value is -2.48. The predicted molar refractivity (Wildman–Crippen MR) is 86.8 cm³/mol. The molecule has 6 heteroatoms. The highest BCUT2D eigenvalue weighted by atomic mass is 35.5. The van der Waals surface area contributed by atoms with E-state index >= 15 is 0 Å². The van der Waals surface area contributed by atoms with Crippen LogP contribution in [0.3, 0.4) is 0 Å². The summed E-state index contributed by atoms with van der Waals surface area (Å²) in [5.41, 5.74) is 0.828. The lowest BCUT2D eigenvalue weighted by Crippen LogP contribution is -2.13. The highest BCUT2D eigenvalue weighted by Crippen LogP contribution is 2.25. The number of hydrogen-bond donors (Lipinski definition) is 2. The Bertz CT molecular complexity index is 795. The number of halogens is 2. The van der Waals surface area contributed by atoms with Gasteiger partial charge in [0.1, 0.15) is 17.4 Å². The van der Waals surface area contributed by atoms with Gasteiger partial charge in [-0.3, -0.25) is 4.79 Å². The lowest BCUT2D eigenvalue weighted by atomic mass is 10.1. The molecule has 0 radical (unpaired) electrons. The summed E-state index contributed by atoms with van der Waals surface area (Å²) in [5.74, 6) is -0.655. The van der Waals surface area contributed by atoms with Crippen LogP contribution in [-0.4, -0.2) is 11.0 Å². The van der Waals surface area contributed by atoms with Gasteiger partial charge in [0.05, 0.1) is 15.7 Å². The maximum absolute atomic E-state index is 12.1. The number of para-hydroxylation sites is 1. The topological polar surface area (TPSA) is 73.1 Å². The van der Waals surface area contributed by atoms with Gasteiger partial charge >= 0.3 is 0 Å². The Labute approximate surface area is 137 Å².